The lowest BCUT2D eigenvalue weighted by atomic mass is 10.1. The summed E-state index contributed by atoms with van der Waals surface area (Å²) in [6, 6.07) is -1.54. The molecule has 1 unspecified atom stereocenters. The largest absolute Gasteiger partial charge is 0.480 e. The van der Waals surface area contributed by atoms with Crippen LogP contribution in [0.25, 0.3) is 0 Å². The zero-order valence-electron chi connectivity index (χ0n) is 34.2. The quantitative estimate of drug-likeness (QED) is 0.0236. The van der Waals surface area contributed by atoms with Gasteiger partial charge in [-0.3, -0.25) is 23.4 Å². The van der Waals surface area contributed by atoms with Crippen molar-refractivity contribution in [1.29, 1.82) is 0 Å². The minimum absolute atomic E-state index is 0.0721. The van der Waals surface area contributed by atoms with Crippen LogP contribution in [0.1, 0.15) is 142 Å². The number of rotatable bonds is 37. The van der Waals surface area contributed by atoms with Gasteiger partial charge in [-0.05, 0) is 89.9 Å². The first kappa shape index (κ1) is 52.7. The standard InChI is InChI=1S/C44H72NO10P/c1-3-5-7-9-11-13-15-17-19-20-22-24-26-28-30-32-34-36-43(47)55-40(38-53-56(50,51)54-39-41(45)44(48)49)37-52-42(46)35-33-31-29-27-25-23-21-18-16-14-12-10-8-6-4-2/h11-14,17-19,21-22,24-25,27-28,30,40-41H,3-10,15-16,20,23,26,29,31-39,45H2,1-2H3,(H,48,49)(H,50,51)/b13-11-,14-12-,19-17-,21-18-,24-22-,27-25-,30-28-/t40-,41+/m1/s1. The Balaban J connectivity index is 4.59. The molecule has 56 heavy (non-hydrogen) atoms. The fraction of sp³-hybridized carbons (Fsp3) is 0.614. The number of carboxylic acid groups (broad SMARTS) is 1. The zero-order valence-corrected chi connectivity index (χ0v) is 35.1. The molecule has 0 bridgehead atoms. The van der Waals surface area contributed by atoms with Crippen LogP contribution in [-0.2, 0) is 37.5 Å². The van der Waals surface area contributed by atoms with Crippen molar-refractivity contribution in [2.24, 2.45) is 5.73 Å². The van der Waals surface area contributed by atoms with Crippen LogP contribution in [-0.4, -0.2) is 59.9 Å². The summed E-state index contributed by atoms with van der Waals surface area (Å²) in [6.07, 6.45) is 46.6. The van der Waals surface area contributed by atoms with Crippen LogP contribution in [0.2, 0.25) is 0 Å². The van der Waals surface area contributed by atoms with E-state index in [1.54, 1.807) is 0 Å². The van der Waals surface area contributed by atoms with E-state index in [4.69, 9.17) is 24.8 Å². The normalized spacial score (nSPS) is 14.6. The Labute approximate surface area is 337 Å². The van der Waals surface area contributed by atoms with E-state index in [9.17, 15) is 23.8 Å². The van der Waals surface area contributed by atoms with Gasteiger partial charge in [-0.2, -0.15) is 0 Å². The molecule has 0 amide bonds. The number of allylic oxidation sites excluding steroid dienone is 14. The number of carboxylic acids is 1. The predicted octanol–water partition coefficient (Wildman–Crippen LogP) is 10.7. The predicted molar refractivity (Wildman–Crippen MR) is 226 cm³/mol. The van der Waals surface area contributed by atoms with E-state index < -0.39 is 57.7 Å². The minimum atomic E-state index is -4.74. The lowest BCUT2D eigenvalue weighted by Crippen LogP contribution is -2.34. The Morgan fingerprint density at radius 1 is 0.554 bits per heavy atom. The monoisotopic (exact) mass is 805 g/mol. The van der Waals surface area contributed by atoms with Gasteiger partial charge in [-0.1, -0.05) is 125 Å². The highest BCUT2D eigenvalue weighted by atomic mass is 31.2. The summed E-state index contributed by atoms with van der Waals surface area (Å²) in [6.45, 7) is 2.62. The van der Waals surface area contributed by atoms with Crippen LogP contribution >= 0.6 is 7.82 Å². The molecule has 0 fully saturated rings. The Morgan fingerprint density at radius 2 is 0.946 bits per heavy atom. The second-order valence-corrected chi connectivity index (χ2v) is 14.9. The van der Waals surface area contributed by atoms with Crippen LogP contribution in [0, 0.1) is 0 Å². The van der Waals surface area contributed by atoms with Crippen LogP contribution in [0.15, 0.2) is 85.1 Å². The van der Waals surface area contributed by atoms with Crippen molar-refractivity contribution in [3.8, 4) is 0 Å². The van der Waals surface area contributed by atoms with Gasteiger partial charge in [0.1, 0.15) is 12.6 Å². The van der Waals surface area contributed by atoms with Gasteiger partial charge < -0.3 is 25.2 Å². The Morgan fingerprint density at radius 3 is 1.39 bits per heavy atom. The van der Waals surface area contributed by atoms with Crippen LogP contribution in [0.3, 0.4) is 0 Å². The van der Waals surface area contributed by atoms with E-state index in [-0.39, 0.29) is 12.8 Å². The van der Waals surface area contributed by atoms with Crippen molar-refractivity contribution in [1.82, 2.24) is 0 Å². The molecule has 0 saturated carbocycles. The maximum absolute atomic E-state index is 12.6. The summed E-state index contributed by atoms with van der Waals surface area (Å²) in [5, 5.41) is 8.87. The number of esters is 2. The molecule has 0 rings (SSSR count). The second kappa shape index (κ2) is 38.5. The van der Waals surface area contributed by atoms with E-state index in [0.29, 0.717) is 19.3 Å². The SMILES string of the molecule is CCCCC/C=C\C/C=C\C/C=C\C/C=C\CCCC(=O)O[C@H](COC(=O)CCCC/C=C\C/C=C\C/C=C\CCCCC)COP(=O)(O)OC[C@H](N)C(=O)O. The Kier molecular flexibility index (Phi) is 36.2. The van der Waals surface area contributed by atoms with E-state index in [1.165, 1.54) is 38.5 Å². The summed E-state index contributed by atoms with van der Waals surface area (Å²) in [5.41, 5.74) is 5.32. The second-order valence-electron chi connectivity index (χ2n) is 13.4. The molecule has 0 aliphatic heterocycles. The fourth-order valence-electron chi connectivity index (χ4n) is 4.83. The first-order valence-corrected chi connectivity index (χ1v) is 22.1. The molecule has 0 radical (unpaired) electrons. The number of phosphoric acid groups is 1. The molecule has 0 saturated heterocycles. The number of carbonyl (C=O) groups excluding carboxylic acids is 2. The first-order valence-electron chi connectivity index (χ1n) is 20.6. The Bertz CT molecular complexity index is 1270. The number of unbranched alkanes of at least 4 members (excludes halogenated alkanes) is 9. The Hall–Kier alpha value is -3.34. The molecular formula is C44H72NO10P. The summed E-state index contributed by atoms with van der Waals surface area (Å²) < 4.78 is 32.5. The fourth-order valence-corrected chi connectivity index (χ4v) is 5.60. The molecule has 12 heteroatoms. The average Bonchev–Trinajstić information content (AvgIpc) is 3.17. The van der Waals surface area contributed by atoms with Crippen molar-refractivity contribution in [3.05, 3.63) is 85.1 Å². The summed E-state index contributed by atoms with van der Waals surface area (Å²) in [5.74, 6) is -2.51. The van der Waals surface area contributed by atoms with Crippen molar-refractivity contribution >= 4 is 25.7 Å². The van der Waals surface area contributed by atoms with Crippen molar-refractivity contribution in [3.63, 3.8) is 0 Å². The number of carbonyl (C=O) groups is 3. The van der Waals surface area contributed by atoms with Crippen LogP contribution in [0.4, 0.5) is 0 Å². The highest BCUT2D eigenvalue weighted by Crippen LogP contribution is 2.43. The smallest absolute Gasteiger partial charge is 0.472 e. The average molecular weight is 806 g/mol. The molecule has 0 aliphatic rings. The molecular weight excluding hydrogens is 733 g/mol. The third kappa shape index (κ3) is 37.6. The highest BCUT2D eigenvalue weighted by molar-refractivity contribution is 7.47. The van der Waals surface area contributed by atoms with Crippen molar-refractivity contribution in [2.45, 2.75) is 154 Å². The molecule has 0 heterocycles. The number of hydrogen-bond donors (Lipinski definition) is 3. The van der Waals surface area contributed by atoms with Crippen molar-refractivity contribution in [2.75, 3.05) is 19.8 Å². The molecule has 11 nitrogen and oxygen atoms in total. The van der Waals surface area contributed by atoms with Crippen molar-refractivity contribution < 1.29 is 47.5 Å². The molecule has 0 aromatic heterocycles. The first-order chi connectivity index (χ1) is 27.1. The third-order valence-corrected chi connectivity index (χ3v) is 9.07. The van der Waals surface area contributed by atoms with E-state index in [1.807, 2.05) is 12.2 Å². The molecule has 0 aromatic carbocycles. The number of hydrogen-bond acceptors (Lipinski definition) is 9. The van der Waals surface area contributed by atoms with Gasteiger partial charge in [0.15, 0.2) is 6.10 Å². The van der Waals surface area contributed by atoms with Gasteiger partial charge in [0, 0.05) is 12.8 Å². The molecule has 0 spiro atoms. The lowest BCUT2D eigenvalue weighted by molar-refractivity contribution is -0.161. The molecule has 0 aliphatic carbocycles. The highest BCUT2D eigenvalue weighted by Gasteiger charge is 2.28. The summed E-state index contributed by atoms with van der Waals surface area (Å²) >= 11 is 0. The molecule has 3 atom stereocenters. The number of nitrogens with two attached hydrogens (primary N) is 1. The van der Waals surface area contributed by atoms with Gasteiger partial charge in [0.25, 0.3) is 0 Å². The van der Waals surface area contributed by atoms with Gasteiger partial charge in [0.05, 0.1) is 13.2 Å². The molecule has 0 aromatic rings. The van der Waals surface area contributed by atoms with Gasteiger partial charge in [0.2, 0.25) is 0 Å². The number of phosphoric ester groups is 1. The third-order valence-electron chi connectivity index (χ3n) is 8.12. The summed E-state index contributed by atoms with van der Waals surface area (Å²) in [7, 11) is -4.74. The van der Waals surface area contributed by atoms with Gasteiger partial charge in [-0.25, -0.2) is 4.57 Å². The zero-order chi connectivity index (χ0) is 41.4. The maximum Gasteiger partial charge on any atom is 0.472 e. The number of aliphatic carboxylic acids is 1. The number of ether oxygens (including phenoxy) is 2. The van der Waals surface area contributed by atoms with Crippen LogP contribution < -0.4 is 5.73 Å². The van der Waals surface area contributed by atoms with Crippen LogP contribution in [0.5, 0.6) is 0 Å². The molecule has 4 N–H and O–H groups in total. The van der Waals surface area contributed by atoms with Gasteiger partial charge >= 0.3 is 25.7 Å². The molecule has 318 valence electrons. The van der Waals surface area contributed by atoms with E-state index >= 15 is 0 Å². The lowest BCUT2D eigenvalue weighted by Gasteiger charge is -2.20. The van der Waals surface area contributed by atoms with Gasteiger partial charge in [-0.15, -0.1) is 0 Å². The summed E-state index contributed by atoms with van der Waals surface area (Å²) in [4.78, 5) is 45.8. The topological polar surface area (TPSA) is 172 Å². The maximum atomic E-state index is 12.6. The van der Waals surface area contributed by atoms with E-state index in [0.717, 1.165) is 57.8 Å². The minimum Gasteiger partial charge on any atom is -0.480 e. The van der Waals surface area contributed by atoms with E-state index in [2.05, 4.69) is 91.3 Å².